The van der Waals surface area contributed by atoms with Crippen molar-refractivity contribution in [1.29, 1.82) is 0 Å². The molecule has 0 spiro atoms. The minimum Gasteiger partial charge on any atom is -0.339 e. The fraction of sp³-hybridized carbons (Fsp3) is 0.684. The van der Waals surface area contributed by atoms with Gasteiger partial charge in [-0.3, -0.25) is 9.48 Å². The molecule has 1 unspecified atom stereocenters. The monoisotopic (exact) mass is 372 g/mol. The first-order valence-corrected chi connectivity index (χ1v) is 9.80. The summed E-state index contributed by atoms with van der Waals surface area (Å²) >= 11 is 0. The zero-order valence-electron chi connectivity index (χ0n) is 16.4. The van der Waals surface area contributed by atoms with Crippen molar-refractivity contribution in [2.75, 3.05) is 33.2 Å². The van der Waals surface area contributed by atoms with Crippen molar-refractivity contribution in [3.05, 3.63) is 29.2 Å². The average Bonchev–Trinajstić information content (AvgIpc) is 3.37. The van der Waals surface area contributed by atoms with Crippen LogP contribution in [-0.4, -0.2) is 68.9 Å². The first-order chi connectivity index (χ1) is 13.0. The summed E-state index contributed by atoms with van der Waals surface area (Å²) in [5.74, 6) is 2.50. The van der Waals surface area contributed by atoms with Crippen LogP contribution >= 0.6 is 0 Å². The van der Waals surface area contributed by atoms with Crippen molar-refractivity contribution < 1.29 is 9.32 Å². The highest BCUT2D eigenvalue weighted by Gasteiger charge is 2.29. The highest BCUT2D eigenvalue weighted by atomic mass is 16.5. The molecule has 2 saturated heterocycles. The lowest BCUT2D eigenvalue weighted by Crippen LogP contribution is -2.39. The van der Waals surface area contributed by atoms with Gasteiger partial charge in [0, 0.05) is 38.8 Å². The van der Waals surface area contributed by atoms with Crippen LogP contribution in [0.25, 0.3) is 0 Å². The summed E-state index contributed by atoms with van der Waals surface area (Å²) in [4.78, 5) is 21.5. The van der Waals surface area contributed by atoms with Crippen molar-refractivity contribution in [3.63, 3.8) is 0 Å². The van der Waals surface area contributed by atoms with E-state index < -0.39 is 0 Å². The predicted molar refractivity (Wildman–Crippen MR) is 99.4 cm³/mol. The number of rotatable bonds is 4. The van der Waals surface area contributed by atoms with E-state index in [1.54, 1.807) is 4.68 Å². The Kier molecular flexibility index (Phi) is 4.99. The van der Waals surface area contributed by atoms with Gasteiger partial charge in [0.15, 0.2) is 11.5 Å². The van der Waals surface area contributed by atoms with Gasteiger partial charge in [0.25, 0.3) is 5.91 Å². The maximum atomic E-state index is 12.6. The van der Waals surface area contributed by atoms with Crippen molar-refractivity contribution >= 4 is 5.91 Å². The number of aryl methyl sites for hydroxylation is 2. The van der Waals surface area contributed by atoms with Crippen LogP contribution < -0.4 is 0 Å². The smallest absolute Gasteiger partial charge is 0.274 e. The summed E-state index contributed by atoms with van der Waals surface area (Å²) < 4.78 is 7.25. The number of carbonyl (C=O) groups is 1. The fourth-order valence-corrected chi connectivity index (χ4v) is 4.08. The molecule has 146 valence electrons. The Morgan fingerprint density at radius 1 is 1.22 bits per heavy atom. The second-order valence-corrected chi connectivity index (χ2v) is 8.03. The minimum atomic E-state index is 0.0318. The molecule has 4 rings (SSSR count). The van der Waals surface area contributed by atoms with Gasteiger partial charge in [0.2, 0.25) is 5.89 Å². The molecule has 8 nitrogen and oxygen atoms in total. The molecule has 2 aromatic rings. The number of likely N-dealkylation sites (N-methyl/N-ethyl adjacent to an activating group) is 1. The molecular formula is C19H28N6O2. The van der Waals surface area contributed by atoms with E-state index >= 15 is 0 Å². The number of carbonyl (C=O) groups excluding carboxylic acids is 1. The molecule has 0 aliphatic carbocycles. The van der Waals surface area contributed by atoms with Crippen LogP contribution in [-0.2, 0) is 13.5 Å². The topological polar surface area (TPSA) is 80.3 Å². The van der Waals surface area contributed by atoms with Gasteiger partial charge in [-0.1, -0.05) is 5.16 Å². The first-order valence-electron chi connectivity index (χ1n) is 9.80. The Labute approximate surface area is 159 Å². The molecule has 1 amide bonds. The third kappa shape index (κ3) is 3.90. The Hall–Kier alpha value is -2.22. The van der Waals surface area contributed by atoms with E-state index in [1.807, 2.05) is 24.9 Å². The number of piperidine rings is 1. The zero-order chi connectivity index (χ0) is 19.0. The summed E-state index contributed by atoms with van der Waals surface area (Å²) in [7, 11) is 3.99. The molecule has 1 atom stereocenters. The standard InChI is InChI=1S/C19H28N6O2/c1-13-10-16(21-24(13)3)19(26)25-8-4-14(5-9-25)11-17-20-18(27-22-17)15-6-7-23(2)12-15/h10,14-15H,4-9,11-12H2,1-3H3. The van der Waals surface area contributed by atoms with Gasteiger partial charge >= 0.3 is 0 Å². The van der Waals surface area contributed by atoms with Gasteiger partial charge < -0.3 is 14.3 Å². The molecule has 0 radical (unpaired) electrons. The molecule has 0 saturated carbocycles. The van der Waals surface area contributed by atoms with Gasteiger partial charge in [-0.25, -0.2) is 0 Å². The summed E-state index contributed by atoms with van der Waals surface area (Å²) in [6.07, 6.45) is 3.85. The Morgan fingerprint density at radius 3 is 2.63 bits per heavy atom. The summed E-state index contributed by atoms with van der Waals surface area (Å²) in [6, 6.07) is 1.86. The van der Waals surface area contributed by atoms with Crippen LogP contribution in [0, 0.1) is 12.8 Å². The largest absolute Gasteiger partial charge is 0.339 e. The highest BCUT2D eigenvalue weighted by molar-refractivity contribution is 5.92. The van der Waals surface area contributed by atoms with Crippen LogP contribution in [0.15, 0.2) is 10.6 Å². The molecule has 0 N–H and O–H groups in total. The molecule has 2 aromatic heterocycles. The van der Waals surface area contributed by atoms with Gasteiger partial charge in [0.1, 0.15) is 0 Å². The molecule has 8 heteroatoms. The quantitative estimate of drug-likeness (QED) is 0.811. The number of hydrogen-bond acceptors (Lipinski definition) is 6. The lowest BCUT2D eigenvalue weighted by Gasteiger charge is -2.31. The van der Waals surface area contributed by atoms with Crippen molar-refractivity contribution in [3.8, 4) is 0 Å². The molecular weight excluding hydrogens is 344 g/mol. The number of aromatic nitrogens is 4. The first kappa shape index (κ1) is 18.2. The number of hydrogen-bond donors (Lipinski definition) is 0. The van der Waals surface area contributed by atoms with E-state index in [1.165, 1.54) is 0 Å². The normalized spacial score (nSPS) is 21.9. The molecule has 0 aromatic carbocycles. The van der Waals surface area contributed by atoms with Crippen LogP contribution in [0.3, 0.4) is 0 Å². The van der Waals surface area contributed by atoms with Crippen molar-refractivity contribution in [1.82, 2.24) is 29.7 Å². The Balaban J connectivity index is 1.29. The molecule has 0 bridgehead atoms. The maximum absolute atomic E-state index is 12.6. The second-order valence-electron chi connectivity index (χ2n) is 8.03. The lowest BCUT2D eigenvalue weighted by molar-refractivity contribution is 0.0683. The highest BCUT2D eigenvalue weighted by Crippen LogP contribution is 2.26. The van der Waals surface area contributed by atoms with Gasteiger partial charge in [-0.05, 0) is 51.8 Å². The van der Waals surface area contributed by atoms with Gasteiger partial charge in [-0.2, -0.15) is 10.1 Å². The third-order valence-electron chi connectivity index (χ3n) is 5.93. The summed E-state index contributed by atoms with van der Waals surface area (Å²) in [5.41, 5.74) is 1.53. The Morgan fingerprint density at radius 2 is 2.00 bits per heavy atom. The lowest BCUT2D eigenvalue weighted by atomic mass is 9.93. The zero-order valence-corrected chi connectivity index (χ0v) is 16.4. The molecule has 2 aliphatic rings. The average molecular weight is 372 g/mol. The van der Waals surface area contributed by atoms with Crippen LogP contribution in [0.5, 0.6) is 0 Å². The number of amides is 1. The molecule has 27 heavy (non-hydrogen) atoms. The van der Waals surface area contributed by atoms with Gasteiger partial charge in [0.05, 0.1) is 5.92 Å². The van der Waals surface area contributed by atoms with E-state index in [0.717, 1.165) is 69.3 Å². The maximum Gasteiger partial charge on any atom is 0.274 e. The van der Waals surface area contributed by atoms with Crippen molar-refractivity contribution in [2.24, 2.45) is 13.0 Å². The number of nitrogens with zero attached hydrogens (tertiary/aromatic N) is 6. The third-order valence-corrected chi connectivity index (χ3v) is 5.93. The van der Waals surface area contributed by atoms with E-state index in [9.17, 15) is 4.79 Å². The summed E-state index contributed by atoms with van der Waals surface area (Å²) in [6.45, 7) is 5.56. The van der Waals surface area contributed by atoms with E-state index in [2.05, 4.69) is 27.2 Å². The van der Waals surface area contributed by atoms with E-state index in [0.29, 0.717) is 17.5 Å². The Bertz CT molecular complexity index is 785. The molecule has 2 fully saturated rings. The van der Waals surface area contributed by atoms with E-state index in [-0.39, 0.29) is 5.91 Å². The van der Waals surface area contributed by atoms with Crippen molar-refractivity contribution in [2.45, 2.75) is 38.5 Å². The van der Waals surface area contributed by atoms with E-state index in [4.69, 9.17) is 4.52 Å². The van der Waals surface area contributed by atoms with Crippen LogP contribution in [0.4, 0.5) is 0 Å². The predicted octanol–water partition coefficient (Wildman–Crippen LogP) is 1.63. The SMILES string of the molecule is Cc1cc(C(=O)N2CCC(Cc3noc(C4CCN(C)C4)n3)CC2)nn1C. The van der Waals surface area contributed by atoms with Gasteiger partial charge in [-0.15, -0.1) is 0 Å². The molecule has 2 aliphatic heterocycles. The molecule has 4 heterocycles. The fourth-order valence-electron chi connectivity index (χ4n) is 4.08. The summed E-state index contributed by atoms with van der Waals surface area (Å²) in [5, 5.41) is 8.50. The number of likely N-dealkylation sites (tertiary alicyclic amines) is 2. The van der Waals surface area contributed by atoms with Crippen LogP contribution in [0.2, 0.25) is 0 Å². The van der Waals surface area contributed by atoms with Crippen LogP contribution in [0.1, 0.15) is 53.1 Å². The minimum absolute atomic E-state index is 0.0318. The second kappa shape index (κ2) is 7.42.